The number of hydrogen-bond acceptors (Lipinski definition) is 3. The van der Waals surface area contributed by atoms with Crippen LogP contribution in [-0.2, 0) is 6.54 Å². The Labute approximate surface area is 107 Å². The Hall–Kier alpha value is -0.970. The second-order valence-electron chi connectivity index (χ2n) is 5.30. The molecule has 1 atom stereocenters. The monoisotopic (exact) mass is 250 g/mol. The zero-order valence-corrected chi connectivity index (χ0v) is 10.4. The molecule has 18 heavy (non-hydrogen) atoms. The third kappa shape index (κ3) is 2.16. The molecule has 0 amide bonds. The van der Waals surface area contributed by atoms with Crippen LogP contribution < -0.4 is 5.32 Å². The maximum atomic E-state index is 13.7. The summed E-state index contributed by atoms with van der Waals surface area (Å²) in [5, 5.41) is 13.6. The highest BCUT2D eigenvalue weighted by Crippen LogP contribution is 2.34. The second kappa shape index (κ2) is 4.96. The van der Waals surface area contributed by atoms with E-state index in [1.54, 1.807) is 6.07 Å². The molecule has 3 nitrogen and oxygen atoms in total. The SMILES string of the molecule is OC1c2cccc(F)c2CN1CC1CCNCC1. The van der Waals surface area contributed by atoms with Gasteiger partial charge >= 0.3 is 0 Å². The summed E-state index contributed by atoms with van der Waals surface area (Å²) in [7, 11) is 0. The van der Waals surface area contributed by atoms with Crippen molar-refractivity contribution in [2.75, 3.05) is 19.6 Å². The molecular formula is C14H19FN2O. The van der Waals surface area contributed by atoms with E-state index in [1.807, 2.05) is 11.0 Å². The summed E-state index contributed by atoms with van der Waals surface area (Å²) < 4.78 is 13.7. The van der Waals surface area contributed by atoms with E-state index >= 15 is 0 Å². The Morgan fingerprint density at radius 2 is 2.11 bits per heavy atom. The van der Waals surface area contributed by atoms with Crippen molar-refractivity contribution in [1.29, 1.82) is 0 Å². The van der Waals surface area contributed by atoms with Crippen molar-refractivity contribution < 1.29 is 9.50 Å². The Balaban J connectivity index is 1.71. The van der Waals surface area contributed by atoms with Crippen LogP contribution in [0.3, 0.4) is 0 Å². The van der Waals surface area contributed by atoms with E-state index in [0.717, 1.165) is 38.0 Å². The van der Waals surface area contributed by atoms with Crippen LogP contribution in [0.15, 0.2) is 18.2 Å². The molecule has 1 saturated heterocycles. The molecule has 0 radical (unpaired) electrons. The number of piperidine rings is 1. The number of benzene rings is 1. The highest BCUT2D eigenvalue weighted by atomic mass is 19.1. The Bertz CT molecular complexity index is 432. The van der Waals surface area contributed by atoms with Crippen LogP contribution >= 0.6 is 0 Å². The van der Waals surface area contributed by atoms with Crippen molar-refractivity contribution in [3.05, 3.63) is 35.1 Å². The number of nitrogens with one attached hydrogen (secondary N) is 1. The van der Waals surface area contributed by atoms with Gasteiger partial charge in [-0.1, -0.05) is 12.1 Å². The molecule has 2 aliphatic rings. The van der Waals surface area contributed by atoms with Crippen molar-refractivity contribution in [3.8, 4) is 0 Å². The van der Waals surface area contributed by atoms with E-state index in [4.69, 9.17) is 0 Å². The minimum atomic E-state index is -0.634. The molecule has 0 aromatic heterocycles. The zero-order chi connectivity index (χ0) is 12.5. The van der Waals surface area contributed by atoms with Gasteiger partial charge in [0.1, 0.15) is 12.0 Å². The maximum absolute atomic E-state index is 13.7. The van der Waals surface area contributed by atoms with Crippen LogP contribution in [0.4, 0.5) is 4.39 Å². The first kappa shape index (κ1) is 12.1. The van der Waals surface area contributed by atoms with Gasteiger partial charge < -0.3 is 10.4 Å². The lowest BCUT2D eigenvalue weighted by Crippen LogP contribution is -2.35. The molecule has 0 spiro atoms. The van der Waals surface area contributed by atoms with Crippen molar-refractivity contribution in [3.63, 3.8) is 0 Å². The van der Waals surface area contributed by atoms with E-state index in [-0.39, 0.29) is 5.82 Å². The molecule has 0 aliphatic carbocycles. The molecule has 2 heterocycles. The average molecular weight is 250 g/mol. The van der Waals surface area contributed by atoms with E-state index in [1.165, 1.54) is 6.07 Å². The smallest absolute Gasteiger partial charge is 0.134 e. The van der Waals surface area contributed by atoms with Crippen LogP contribution in [0.1, 0.15) is 30.2 Å². The summed E-state index contributed by atoms with van der Waals surface area (Å²) in [5.41, 5.74) is 1.41. The van der Waals surface area contributed by atoms with Crippen LogP contribution in [0.2, 0.25) is 0 Å². The van der Waals surface area contributed by atoms with Gasteiger partial charge in [-0.05, 0) is 37.9 Å². The van der Waals surface area contributed by atoms with Crippen LogP contribution in [-0.4, -0.2) is 29.6 Å². The molecule has 2 aliphatic heterocycles. The fourth-order valence-corrected chi connectivity index (χ4v) is 3.03. The first-order chi connectivity index (χ1) is 8.75. The van der Waals surface area contributed by atoms with Gasteiger partial charge in [-0.3, -0.25) is 4.90 Å². The standard InChI is InChI=1S/C14H19FN2O/c15-13-3-1-2-11-12(13)9-17(14(11)18)8-10-4-6-16-7-5-10/h1-3,10,14,16,18H,4-9H2. The molecular weight excluding hydrogens is 231 g/mol. The molecule has 4 heteroatoms. The van der Waals surface area contributed by atoms with Gasteiger partial charge in [-0.2, -0.15) is 0 Å². The molecule has 3 rings (SSSR count). The lowest BCUT2D eigenvalue weighted by molar-refractivity contribution is 0.000319. The molecule has 0 saturated carbocycles. The van der Waals surface area contributed by atoms with Gasteiger partial charge in [0.05, 0.1) is 0 Å². The Kier molecular flexibility index (Phi) is 3.33. The number of aliphatic hydroxyl groups excluding tert-OH is 1. The topological polar surface area (TPSA) is 35.5 Å². The van der Waals surface area contributed by atoms with Gasteiger partial charge in [0.25, 0.3) is 0 Å². The third-order valence-corrected chi connectivity index (χ3v) is 4.09. The normalized spacial score (nSPS) is 25.3. The highest BCUT2D eigenvalue weighted by molar-refractivity contribution is 5.33. The van der Waals surface area contributed by atoms with E-state index in [2.05, 4.69) is 5.32 Å². The number of fused-ring (bicyclic) bond motifs is 1. The molecule has 0 bridgehead atoms. The van der Waals surface area contributed by atoms with Gasteiger partial charge in [-0.25, -0.2) is 4.39 Å². The number of nitrogens with zero attached hydrogens (tertiary/aromatic N) is 1. The maximum Gasteiger partial charge on any atom is 0.134 e. The highest BCUT2D eigenvalue weighted by Gasteiger charge is 2.32. The number of rotatable bonds is 2. The summed E-state index contributed by atoms with van der Waals surface area (Å²) in [5.74, 6) is 0.414. The quantitative estimate of drug-likeness (QED) is 0.837. The van der Waals surface area contributed by atoms with Gasteiger partial charge in [0.15, 0.2) is 0 Å². The molecule has 1 fully saturated rings. The lowest BCUT2D eigenvalue weighted by atomic mass is 9.97. The molecule has 1 unspecified atom stereocenters. The first-order valence-electron chi connectivity index (χ1n) is 6.66. The predicted octanol–water partition coefficient (Wildman–Crippen LogP) is 1.63. The number of halogens is 1. The summed E-state index contributed by atoms with van der Waals surface area (Å²) >= 11 is 0. The zero-order valence-electron chi connectivity index (χ0n) is 10.4. The first-order valence-corrected chi connectivity index (χ1v) is 6.66. The second-order valence-corrected chi connectivity index (χ2v) is 5.30. The Morgan fingerprint density at radius 1 is 1.33 bits per heavy atom. The lowest BCUT2D eigenvalue weighted by Gasteiger charge is -2.29. The molecule has 98 valence electrons. The van der Waals surface area contributed by atoms with Gasteiger partial charge in [-0.15, -0.1) is 0 Å². The van der Waals surface area contributed by atoms with Crippen LogP contribution in [0.25, 0.3) is 0 Å². The van der Waals surface area contributed by atoms with Crippen molar-refractivity contribution in [1.82, 2.24) is 10.2 Å². The van der Waals surface area contributed by atoms with Crippen molar-refractivity contribution in [2.24, 2.45) is 5.92 Å². The van der Waals surface area contributed by atoms with Gasteiger partial charge in [0.2, 0.25) is 0 Å². The predicted molar refractivity (Wildman–Crippen MR) is 67.4 cm³/mol. The van der Waals surface area contributed by atoms with Crippen LogP contribution in [0, 0.1) is 11.7 Å². The summed E-state index contributed by atoms with van der Waals surface area (Å²) in [6, 6.07) is 4.97. The summed E-state index contributed by atoms with van der Waals surface area (Å²) in [6.45, 7) is 3.50. The fourth-order valence-electron chi connectivity index (χ4n) is 3.03. The van der Waals surface area contributed by atoms with E-state index in [0.29, 0.717) is 18.0 Å². The Morgan fingerprint density at radius 3 is 2.83 bits per heavy atom. The number of hydrogen-bond donors (Lipinski definition) is 2. The van der Waals surface area contributed by atoms with Gasteiger partial charge in [0, 0.05) is 24.2 Å². The minimum Gasteiger partial charge on any atom is -0.374 e. The average Bonchev–Trinajstić information content (AvgIpc) is 2.70. The summed E-state index contributed by atoms with van der Waals surface area (Å²) in [6.07, 6.45) is 1.65. The van der Waals surface area contributed by atoms with E-state index in [9.17, 15) is 9.50 Å². The summed E-state index contributed by atoms with van der Waals surface area (Å²) in [4.78, 5) is 1.99. The van der Waals surface area contributed by atoms with Crippen molar-refractivity contribution in [2.45, 2.75) is 25.6 Å². The number of aliphatic hydroxyl groups is 1. The molecule has 1 aromatic rings. The molecule has 1 aromatic carbocycles. The van der Waals surface area contributed by atoms with Crippen molar-refractivity contribution >= 4 is 0 Å². The minimum absolute atomic E-state index is 0.195. The third-order valence-electron chi connectivity index (χ3n) is 4.09. The largest absolute Gasteiger partial charge is 0.374 e. The fraction of sp³-hybridized carbons (Fsp3) is 0.571. The van der Waals surface area contributed by atoms with Crippen LogP contribution in [0.5, 0.6) is 0 Å². The molecule has 2 N–H and O–H groups in total. The van der Waals surface area contributed by atoms with E-state index < -0.39 is 6.23 Å².